The SMILES string of the molecule is Cc1ncc(C(=O)O)cc1NC(=O)c1cnn2cc(-c3cnn4c3OCCC4)sc12. The van der Waals surface area contributed by atoms with Crippen LogP contribution in [-0.2, 0) is 6.54 Å². The van der Waals surface area contributed by atoms with Gasteiger partial charge in [-0.2, -0.15) is 10.2 Å². The Labute approximate surface area is 173 Å². The molecule has 0 saturated heterocycles. The molecule has 30 heavy (non-hydrogen) atoms. The van der Waals surface area contributed by atoms with Gasteiger partial charge in [0.05, 0.1) is 51.9 Å². The number of fused-ring (bicyclic) bond motifs is 2. The van der Waals surface area contributed by atoms with E-state index in [9.17, 15) is 9.59 Å². The summed E-state index contributed by atoms with van der Waals surface area (Å²) in [4.78, 5) is 29.7. The molecule has 0 radical (unpaired) electrons. The number of nitrogens with zero attached hydrogens (tertiary/aromatic N) is 5. The van der Waals surface area contributed by atoms with E-state index in [1.807, 2.05) is 10.9 Å². The molecule has 10 nitrogen and oxygen atoms in total. The van der Waals surface area contributed by atoms with Crippen LogP contribution >= 0.6 is 11.3 Å². The van der Waals surface area contributed by atoms with Crippen molar-refractivity contribution < 1.29 is 19.4 Å². The van der Waals surface area contributed by atoms with Gasteiger partial charge in [-0.3, -0.25) is 9.78 Å². The van der Waals surface area contributed by atoms with Crippen LogP contribution in [0.2, 0.25) is 0 Å². The van der Waals surface area contributed by atoms with Crippen molar-refractivity contribution in [1.29, 1.82) is 0 Å². The highest BCUT2D eigenvalue weighted by Crippen LogP contribution is 2.37. The van der Waals surface area contributed by atoms with Crippen molar-refractivity contribution in [2.75, 3.05) is 11.9 Å². The zero-order valence-electron chi connectivity index (χ0n) is 15.8. The number of carboxylic acid groups (broad SMARTS) is 1. The minimum Gasteiger partial charge on any atom is -0.478 e. The number of carbonyl (C=O) groups is 2. The second kappa shape index (κ2) is 6.95. The van der Waals surface area contributed by atoms with Crippen LogP contribution < -0.4 is 10.1 Å². The van der Waals surface area contributed by atoms with E-state index in [1.165, 1.54) is 29.8 Å². The molecular formula is C19H16N6O4S. The zero-order valence-corrected chi connectivity index (χ0v) is 16.6. The molecule has 152 valence electrons. The monoisotopic (exact) mass is 424 g/mol. The maximum absolute atomic E-state index is 12.9. The lowest BCUT2D eigenvalue weighted by atomic mass is 10.2. The van der Waals surface area contributed by atoms with Crippen LogP contribution in [0.5, 0.6) is 5.88 Å². The van der Waals surface area contributed by atoms with Gasteiger partial charge in [0.2, 0.25) is 5.88 Å². The van der Waals surface area contributed by atoms with Gasteiger partial charge in [0.1, 0.15) is 4.83 Å². The molecule has 4 aromatic rings. The van der Waals surface area contributed by atoms with Gasteiger partial charge in [-0.1, -0.05) is 0 Å². The molecule has 0 bridgehead atoms. The highest BCUT2D eigenvalue weighted by molar-refractivity contribution is 7.21. The molecule has 0 aromatic carbocycles. The average molecular weight is 424 g/mol. The summed E-state index contributed by atoms with van der Waals surface area (Å²) in [7, 11) is 0. The van der Waals surface area contributed by atoms with E-state index in [4.69, 9.17) is 9.84 Å². The van der Waals surface area contributed by atoms with Crippen LogP contribution in [0.3, 0.4) is 0 Å². The molecule has 1 aliphatic heterocycles. The Kier molecular flexibility index (Phi) is 4.24. The summed E-state index contributed by atoms with van der Waals surface area (Å²) >= 11 is 1.41. The number of rotatable bonds is 4. The summed E-state index contributed by atoms with van der Waals surface area (Å²) in [6.45, 7) is 3.16. The fraction of sp³-hybridized carbons (Fsp3) is 0.211. The number of aryl methyl sites for hydroxylation is 2. The molecule has 2 N–H and O–H groups in total. The number of nitrogens with one attached hydrogen (secondary N) is 1. The Morgan fingerprint density at radius 1 is 1.27 bits per heavy atom. The van der Waals surface area contributed by atoms with E-state index in [1.54, 1.807) is 17.6 Å². The normalized spacial score (nSPS) is 13.1. The second-order valence-corrected chi connectivity index (χ2v) is 7.84. The van der Waals surface area contributed by atoms with Gasteiger partial charge in [0, 0.05) is 25.4 Å². The molecule has 4 aromatic heterocycles. The molecule has 5 rings (SSSR count). The largest absolute Gasteiger partial charge is 0.478 e. The fourth-order valence-corrected chi connectivity index (χ4v) is 4.33. The molecule has 0 saturated carbocycles. The van der Waals surface area contributed by atoms with Crippen molar-refractivity contribution >= 4 is 33.7 Å². The summed E-state index contributed by atoms with van der Waals surface area (Å²) in [6.07, 6.45) is 7.26. The first-order chi connectivity index (χ1) is 14.5. The third-order valence-corrected chi connectivity index (χ3v) is 5.98. The molecule has 0 unspecified atom stereocenters. The lowest BCUT2D eigenvalue weighted by molar-refractivity contribution is 0.0696. The quantitative estimate of drug-likeness (QED) is 0.516. The number of thiazole rings is 1. The number of anilines is 1. The topological polar surface area (TPSA) is 124 Å². The number of carboxylic acids is 1. The number of ether oxygens (including phenoxy) is 1. The van der Waals surface area contributed by atoms with Crippen LogP contribution in [0, 0.1) is 6.92 Å². The van der Waals surface area contributed by atoms with Gasteiger partial charge < -0.3 is 15.2 Å². The van der Waals surface area contributed by atoms with Gasteiger partial charge in [0.15, 0.2) is 0 Å². The lowest BCUT2D eigenvalue weighted by Crippen LogP contribution is -2.14. The maximum atomic E-state index is 12.9. The maximum Gasteiger partial charge on any atom is 0.337 e. The van der Waals surface area contributed by atoms with Gasteiger partial charge in [-0.25, -0.2) is 14.0 Å². The van der Waals surface area contributed by atoms with Gasteiger partial charge in [0.25, 0.3) is 5.91 Å². The smallest absolute Gasteiger partial charge is 0.337 e. The lowest BCUT2D eigenvalue weighted by Gasteiger charge is -2.15. The van der Waals surface area contributed by atoms with E-state index >= 15 is 0 Å². The number of carbonyl (C=O) groups excluding carboxylic acids is 1. The Balaban J connectivity index is 1.47. The second-order valence-electron chi connectivity index (χ2n) is 6.81. The summed E-state index contributed by atoms with van der Waals surface area (Å²) in [5.74, 6) is -0.774. The number of pyridine rings is 1. The van der Waals surface area contributed by atoms with E-state index < -0.39 is 5.97 Å². The van der Waals surface area contributed by atoms with Crippen molar-refractivity contribution in [3.63, 3.8) is 0 Å². The number of hydrogen-bond donors (Lipinski definition) is 2. The van der Waals surface area contributed by atoms with Gasteiger partial charge in [-0.05, 0) is 13.0 Å². The summed E-state index contributed by atoms with van der Waals surface area (Å²) < 4.78 is 9.24. The van der Waals surface area contributed by atoms with Crippen LogP contribution in [0.1, 0.15) is 32.8 Å². The Bertz CT molecular complexity index is 1300. The number of aromatic nitrogens is 5. The van der Waals surface area contributed by atoms with Crippen LogP contribution in [-0.4, -0.2) is 48.0 Å². The Morgan fingerprint density at radius 3 is 2.97 bits per heavy atom. The Morgan fingerprint density at radius 2 is 2.13 bits per heavy atom. The predicted octanol–water partition coefficient (Wildman–Crippen LogP) is 2.70. The third kappa shape index (κ3) is 2.99. The molecule has 5 heterocycles. The van der Waals surface area contributed by atoms with Gasteiger partial charge in [-0.15, -0.1) is 11.3 Å². The van der Waals surface area contributed by atoms with E-state index in [0.29, 0.717) is 28.4 Å². The Hall–Kier alpha value is -3.73. The third-order valence-electron chi connectivity index (χ3n) is 4.83. The summed E-state index contributed by atoms with van der Waals surface area (Å²) in [6, 6.07) is 1.39. The molecule has 0 aliphatic carbocycles. The van der Waals surface area contributed by atoms with Crippen molar-refractivity contribution in [3.8, 4) is 16.3 Å². The first-order valence-corrected chi connectivity index (χ1v) is 10.0. The van der Waals surface area contributed by atoms with Crippen molar-refractivity contribution in [1.82, 2.24) is 24.4 Å². The van der Waals surface area contributed by atoms with Crippen molar-refractivity contribution in [2.45, 2.75) is 19.9 Å². The van der Waals surface area contributed by atoms with Crippen molar-refractivity contribution in [2.24, 2.45) is 0 Å². The number of aromatic carboxylic acids is 1. The van der Waals surface area contributed by atoms with E-state index in [2.05, 4.69) is 20.5 Å². The summed E-state index contributed by atoms with van der Waals surface area (Å²) in [5.41, 5.74) is 2.11. The highest BCUT2D eigenvalue weighted by Gasteiger charge is 2.22. The first kappa shape index (κ1) is 18.3. The van der Waals surface area contributed by atoms with Crippen molar-refractivity contribution in [3.05, 3.63) is 47.7 Å². The molecule has 0 fully saturated rings. The van der Waals surface area contributed by atoms with Crippen LogP contribution in [0.15, 0.2) is 30.9 Å². The zero-order chi connectivity index (χ0) is 20.8. The van der Waals surface area contributed by atoms with E-state index in [-0.39, 0.29) is 11.5 Å². The van der Waals surface area contributed by atoms with Gasteiger partial charge >= 0.3 is 5.97 Å². The minimum atomic E-state index is -1.11. The fourth-order valence-electron chi connectivity index (χ4n) is 3.27. The molecule has 11 heteroatoms. The standard InChI is InChI=1S/C19H16N6O4S/c1-10-14(5-11(6-20-10)19(27)28)23-16(26)13-8-22-25-9-15(30-18(13)25)12-7-21-24-3-2-4-29-17(12)24/h5-9H,2-4H2,1H3,(H,23,26)(H,27,28). The molecule has 1 aliphatic rings. The highest BCUT2D eigenvalue weighted by atomic mass is 32.1. The number of hydrogen-bond acceptors (Lipinski definition) is 7. The van der Waals surface area contributed by atoms with Crippen LogP contribution in [0.4, 0.5) is 5.69 Å². The molecule has 1 amide bonds. The average Bonchev–Trinajstić information content (AvgIpc) is 3.42. The van der Waals surface area contributed by atoms with Crippen LogP contribution in [0.25, 0.3) is 15.3 Å². The molecular weight excluding hydrogens is 408 g/mol. The summed E-state index contributed by atoms with van der Waals surface area (Å²) in [5, 5.41) is 20.5. The first-order valence-electron chi connectivity index (χ1n) is 9.18. The molecule has 0 spiro atoms. The number of amides is 1. The molecule has 0 atom stereocenters. The predicted molar refractivity (Wildman–Crippen MR) is 108 cm³/mol. The van der Waals surface area contributed by atoms with E-state index in [0.717, 1.165) is 29.3 Å². The minimum absolute atomic E-state index is 0.000412.